The second-order valence-corrected chi connectivity index (χ2v) is 6.13. The number of rotatable bonds is 7. The van der Waals surface area contributed by atoms with Gasteiger partial charge in [-0.15, -0.1) is 0 Å². The number of nitro groups is 1. The zero-order valence-corrected chi connectivity index (χ0v) is 15.8. The molecule has 10 nitrogen and oxygen atoms in total. The first-order chi connectivity index (χ1) is 14.0. The number of halogens is 1. The first kappa shape index (κ1) is 20.0. The van der Waals surface area contributed by atoms with Gasteiger partial charge in [0.25, 0.3) is 0 Å². The Hall–Kier alpha value is -3.79. The van der Waals surface area contributed by atoms with E-state index in [0.717, 1.165) is 0 Å². The molecule has 148 valence electrons. The summed E-state index contributed by atoms with van der Waals surface area (Å²) in [7, 11) is 1.50. The summed E-state index contributed by atoms with van der Waals surface area (Å²) >= 11 is 5.78. The Labute approximate surface area is 169 Å². The molecule has 0 N–H and O–H groups in total. The average molecular weight is 416 g/mol. The number of carbonyl (C=O) groups is 1. The maximum absolute atomic E-state index is 11.9. The number of ether oxygens (including phenoxy) is 1. The van der Waals surface area contributed by atoms with E-state index in [0.29, 0.717) is 27.5 Å². The standard InChI is InChI=1S/C18H14ClN5O5/c1-28-16-7-2-12(8-14(16)10-23-11-20-18(22-23)24(26)27)9-21-29-17(25)13-3-5-15(19)6-4-13/h2-9,11H,10H2,1H3/b21-9+. The van der Waals surface area contributed by atoms with Crippen molar-refractivity contribution in [2.45, 2.75) is 6.54 Å². The number of nitrogens with zero attached hydrogens (tertiary/aromatic N) is 5. The Balaban J connectivity index is 1.71. The fourth-order valence-corrected chi connectivity index (χ4v) is 2.52. The lowest BCUT2D eigenvalue weighted by Crippen LogP contribution is -2.04. The summed E-state index contributed by atoms with van der Waals surface area (Å²) in [5.41, 5.74) is 1.62. The van der Waals surface area contributed by atoms with Crippen molar-refractivity contribution in [3.05, 3.63) is 80.6 Å². The molecule has 0 saturated carbocycles. The third kappa shape index (κ3) is 5.14. The molecule has 0 unspecified atom stereocenters. The molecule has 0 atom stereocenters. The lowest BCUT2D eigenvalue weighted by Gasteiger charge is -2.08. The Kier molecular flexibility index (Phi) is 6.15. The van der Waals surface area contributed by atoms with Gasteiger partial charge in [0.15, 0.2) is 0 Å². The van der Waals surface area contributed by atoms with E-state index in [-0.39, 0.29) is 6.54 Å². The molecule has 29 heavy (non-hydrogen) atoms. The highest BCUT2D eigenvalue weighted by Gasteiger charge is 2.15. The van der Waals surface area contributed by atoms with Crippen LogP contribution in [0.5, 0.6) is 5.75 Å². The molecule has 0 aliphatic heterocycles. The summed E-state index contributed by atoms with van der Waals surface area (Å²) in [6, 6.07) is 11.4. The van der Waals surface area contributed by atoms with Gasteiger partial charge in [-0.05, 0) is 53.0 Å². The molecule has 0 aliphatic carbocycles. The van der Waals surface area contributed by atoms with Gasteiger partial charge in [-0.3, -0.25) is 0 Å². The van der Waals surface area contributed by atoms with Crippen molar-refractivity contribution in [1.29, 1.82) is 0 Å². The molecule has 3 aromatic rings. The van der Waals surface area contributed by atoms with Crippen molar-refractivity contribution in [3.63, 3.8) is 0 Å². The van der Waals surface area contributed by atoms with Crippen molar-refractivity contribution in [1.82, 2.24) is 14.8 Å². The number of benzene rings is 2. The number of carbonyl (C=O) groups excluding carboxylic acids is 1. The number of hydrogen-bond donors (Lipinski definition) is 0. The maximum atomic E-state index is 11.9. The summed E-state index contributed by atoms with van der Waals surface area (Å²) in [6.45, 7) is 0.191. The van der Waals surface area contributed by atoms with Gasteiger partial charge in [-0.1, -0.05) is 21.7 Å². The molecule has 0 amide bonds. The van der Waals surface area contributed by atoms with Gasteiger partial charge in [0.05, 0.1) is 25.4 Å². The van der Waals surface area contributed by atoms with Crippen molar-refractivity contribution in [2.75, 3.05) is 7.11 Å². The van der Waals surface area contributed by atoms with Gasteiger partial charge >= 0.3 is 11.9 Å². The second-order valence-electron chi connectivity index (χ2n) is 5.69. The van der Waals surface area contributed by atoms with Crippen LogP contribution < -0.4 is 4.74 Å². The minimum atomic E-state index is -0.675. The number of hydrogen-bond acceptors (Lipinski definition) is 8. The summed E-state index contributed by atoms with van der Waals surface area (Å²) in [6.07, 6.45) is 2.62. The predicted molar refractivity (Wildman–Crippen MR) is 103 cm³/mol. The van der Waals surface area contributed by atoms with Gasteiger partial charge in [-0.25, -0.2) is 4.79 Å². The van der Waals surface area contributed by atoms with E-state index in [1.807, 2.05) is 0 Å². The topological polar surface area (TPSA) is 122 Å². The third-order valence-corrected chi connectivity index (χ3v) is 3.99. The van der Waals surface area contributed by atoms with E-state index in [1.165, 1.54) is 36.5 Å². The first-order valence-corrected chi connectivity index (χ1v) is 8.55. The minimum Gasteiger partial charge on any atom is -0.496 e. The van der Waals surface area contributed by atoms with Crippen LogP contribution in [0, 0.1) is 10.1 Å². The molecule has 0 aliphatic rings. The van der Waals surface area contributed by atoms with Crippen LogP contribution in [-0.4, -0.2) is 39.0 Å². The summed E-state index contributed by atoms with van der Waals surface area (Å²) in [5.74, 6) is -0.559. The summed E-state index contributed by atoms with van der Waals surface area (Å²) < 4.78 is 6.62. The normalized spacial score (nSPS) is 10.8. The molecule has 11 heteroatoms. The van der Waals surface area contributed by atoms with E-state index in [2.05, 4.69) is 15.2 Å². The lowest BCUT2D eigenvalue weighted by atomic mass is 10.1. The van der Waals surface area contributed by atoms with Crippen molar-refractivity contribution in [3.8, 4) is 5.75 Å². The second kappa shape index (κ2) is 8.93. The summed E-state index contributed by atoms with van der Waals surface area (Å²) in [4.78, 5) is 30.5. The number of oxime groups is 1. The van der Waals surface area contributed by atoms with Crippen molar-refractivity contribution in [2.24, 2.45) is 5.16 Å². The fraction of sp³-hybridized carbons (Fsp3) is 0.111. The van der Waals surface area contributed by atoms with Crippen LogP contribution in [0.15, 0.2) is 53.9 Å². The quantitative estimate of drug-likeness (QED) is 0.251. The Morgan fingerprint density at radius 1 is 1.31 bits per heavy atom. The van der Waals surface area contributed by atoms with Crippen LogP contribution in [-0.2, 0) is 11.4 Å². The molecule has 3 rings (SSSR count). The Morgan fingerprint density at radius 2 is 2.07 bits per heavy atom. The fourth-order valence-electron chi connectivity index (χ4n) is 2.40. The highest BCUT2D eigenvalue weighted by atomic mass is 35.5. The van der Waals surface area contributed by atoms with Gasteiger partial charge in [0, 0.05) is 15.7 Å². The highest BCUT2D eigenvalue weighted by Crippen LogP contribution is 2.20. The van der Waals surface area contributed by atoms with Gasteiger partial charge in [0.2, 0.25) is 6.33 Å². The molecular formula is C18H14ClN5O5. The lowest BCUT2D eigenvalue weighted by molar-refractivity contribution is -0.394. The molecule has 2 aromatic carbocycles. The molecule has 0 saturated heterocycles. The van der Waals surface area contributed by atoms with Crippen LogP contribution in [0.4, 0.5) is 5.95 Å². The van der Waals surface area contributed by atoms with Crippen molar-refractivity contribution < 1.29 is 19.3 Å². The minimum absolute atomic E-state index is 0.191. The Bertz CT molecular complexity index is 1060. The van der Waals surface area contributed by atoms with E-state index < -0.39 is 16.8 Å². The molecule has 1 aromatic heterocycles. The molecule has 0 bridgehead atoms. The van der Waals surface area contributed by atoms with Crippen LogP contribution in [0.2, 0.25) is 5.02 Å². The van der Waals surface area contributed by atoms with Gasteiger partial charge in [-0.2, -0.15) is 4.68 Å². The number of methoxy groups -OCH3 is 1. The van der Waals surface area contributed by atoms with Crippen LogP contribution >= 0.6 is 11.6 Å². The monoisotopic (exact) mass is 415 g/mol. The molecule has 0 radical (unpaired) electrons. The summed E-state index contributed by atoms with van der Waals surface area (Å²) in [5, 5.41) is 18.7. The van der Waals surface area contributed by atoms with E-state index in [1.54, 1.807) is 30.3 Å². The zero-order chi connectivity index (χ0) is 20.8. The number of aromatic nitrogens is 3. The predicted octanol–water partition coefficient (Wildman–Crippen LogP) is 3.09. The van der Waals surface area contributed by atoms with Gasteiger partial charge < -0.3 is 19.7 Å². The van der Waals surface area contributed by atoms with Crippen molar-refractivity contribution >= 4 is 29.7 Å². The van der Waals surface area contributed by atoms with Crippen LogP contribution in [0.1, 0.15) is 21.5 Å². The molecule has 1 heterocycles. The first-order valence-electron chi connectivity index (χ1n) is 8.17. The largest absolute Gasteiger partial charge is 0.496 e. The third-order valence-electron chi connectivity index (χ3n) is 3.74. The van der Waals surface area contributed by atoms with E-state index in [9.17, 15) is 14.9 Å². The SMILES string of the molecule is COc1ccc(/C=N/OC(=O)c2ccc(Cl)cc2)cc1Cn1cnc([N+](=O)[O-])n1. The Morgan fingerprint density at radius 3 is 2.72 bits per heavy atom. The van der Waals surface area contributed by atoms with Crippen LogP contribution in [0.3, 0.4) is 0 Å². The smallest absolute Gasteiger partial charge is 0.490 e. The average Bonchev–Trinajstić information content (AvgIpc) is 3.17. The zero-order valence-electron chi connectivity index (χ0n) is 15.1. The van der Waals surface area contributed by atoms with E-state index >= 15 is 0 Å². The molecule has 0 spiro atoms. The van der Waals surface area contributed by atoms with E-state index in [4.69, 9.17) is 21.2 Å². The van der Waals surface area contributed by atoms with Crippen LogP contribution in [0.25, 0.3) is 0 Å². The molecular weight excluding hydrogens is 402 g/mol. The maximum Gasteiger partial charge on any atom is 0.490 e. The molecule has 0 fully saturated rings. The highest BCUT2D eigenvalue weighted by molar-refractivity contribution is 6.30. The van der Waals surface area contributed by atoms with Gasteiger partial charge in [0.1, 0.15) is 5.75 Å².